The highest BCUT2D eigenvalue weighted by Crippen LogP contribution is 2.16. The lowest BCUT2D eigenvalue weighted by molar-refractivity contribution is -0.131. The summed E-state index contributed by atoms with van der Waals surface area (Å²) in [4.78, 5) is 15.3. The van der Waals surface area contributed by atoms with Gasteiger partial charge in [0.05, 0.1) is 4.90 Å². The van der Waals surface area contributed by atoms with Crippen LogP contribution in [0.1, 0.15) is 36.2 Å². The first-order valence-electron chi connectivity index (χ1n) is 11.1. The van der Waals surface area contributed by atoms with Crippen LogP contribution < -0.4 is 4.72 Å². The number of sulfonamides is 1. The maximum absolute atomic E-state index is 12.5. The number of aliphatic carboxylic acids is 1. The maximum Gasteiger partial charge on any atom is 0.328 e. The predicted molar refractivity (Wildman–Crippen MR) is 133 cm³/mol. The average molecular weight is 502 g/mol. The van der Waals surface area contributed by atoms with E-state index in [1.165, 1.54) is 29.8 Å². The first-order valence-corrected chi connectivity index (χ1v) is 12.9. The number of rotatable bonds is 13. The van der Waals surface area contributed by atoms with Crippen molar-refractivity contribution in [2.45, 2.75) is 43.5 Å². The number of unbranched alkanes of at least 4 members (excludes halogenated alkanes) is 2. The van der Waals surface area contributed by atoms with Gasteiger partial charge in [-0.25, -0.2) is 17.9 Å². The van der Waals surface area contributed by atoms with Crippen molar-refractivity contribution in [3.05, 3.63) is 89.0 Å². The maximum atomic E-state index is 12.5. The number of pyridine rings is 1. The molecule has 9 heteroatoms. The zero-order valence-corrected chi connectivity index (χ0v) is 20.3. The van der Waals surface area contributed by atoms with Gasteiger partial charge in [-0.2, -0.15) is 0 Å². The summed E-state index contributed by atoms with van der Waals surface area (Å²) in [6.07, 6.45) is 10.7. The molecule has 7 nitrogen and oxygen atoms in total. The third-order valence-corrected chi connectivity index (χ3v) is 7.10. The predicted octanol–water partition coefficient (Wildman–Crippen LogP) is 4.57. The normalized spacial score (nSPS) is 11.8. The van der Waals surface area contributed by atoms with Crippen molar-refractivity contribution in [2.24, 2.45) is 0 Å². The van der Waals surface area contributed by atoms with E-state index in [1.54, 1.807) is 12.3 Å². The van der Waals surface area contributed by atoms with Crippen LogP contribution in [0.25, 0.3) is 6.08 Å². The van der Waals surface area contributed by atoms with Gasteiger partial charge in [0.1, 0.15) is 0 Å². The van der Waals surface area contributed by atoms with Gasteiger partial charge in [-0.1, -0.05) is 24.1 Å². The van der Waals surface area contributed by atoms with Gasteiger partial charge < -0.3 is 9.67 Å². The summed E-state index contributed by atoms with van der Waals surface area (Å²) >= 11 is 5.84. The Balaban J connectivity index is 1.59. The summed E-state index contributed by atoms with van der Waals surface area (Å²) in [7, 11) is -3.64. The molecular weight excluding hydrogens is 474 g/mol. The lowest BCUT2D eigenvalue weighted by atomic mass is 10.1. The second-order valence-electron chi connectivity index (χ2n) is 7.85. The Morgan fingerprint density at radius 1 is 1.06 bits per heavy atom. The molecule has 34 heavy (non-hydrogen) atoms. The summed E-state index contributed by atoms with van der Waals surface area (Å²) in [6.45, 7) is 0.941. The topological polar surface area (TPSA) is 101 Å². The third kappa shape index (κ3) is 7.83. The van der Waals surface area contributed by atoms with Crippen molar-refractivity contribution in [1.82, 2.24) is 14.3 Å². The number of carbonyl (C=O) groups is 1. The molecule has 2 heterocycles. The molecule has 0 unspecified atom stereocenters. The fraction of sp³-hybridized carbons (Fsp3) is 0.280. The van der Waals surface area contributed by atoms with Gasteiger partial charge >= 0.3 is 5.97 Å². The van der Waals surface area contributed by atoms with E-state index >= 15 is 0 Å². The Bertz CT molecular complexity index is 1210. The number of nitrogens with zero attached hydrogens (tertiary/aromatic N) is 2. The number of carboxylic acids is 1. The van der Waals surface area contributed by atoms with Crippen molar-refractivity contribution in [3.8, 4) is 0 Å². The molecule has 3 rings (SSSR count). The van der Waals surface area contributed by atoms with Crippen LogP contribution in [0.3, 0.4) is 0 Å². The molecule has 3 aromatic rings. The summed E-state index contributed by atoms with van der Waals surface area (Å²) in [6, 6.07) is 13.8. The highest BCUT2D eigenvalue weighted by Gasteiger charge is 2.14. The smallest absolute Gasteiger partial charge is 0.328 e. The SMILES string of the molecule is O=C(O)/C=C/c1ccc(CCNS(=O)(=O)c2ccc(Cl)cc2)n1CCCCCc1cccnc1. The van der Waals surface area contributed by atoms with Gasteiger partial charge in [0, 0.05) is 54.4 Å². The molecule has 0 bridgehead atoms. The second kappa shape index (κ2) is 12.5. The van der Waals surface area contributed by atoms with E-state index in [4.69, 9.17) is 16.7 Å². The van der Waals surface area contributed by atoms with Crippen LogP contribution >= 0.6 is 11.6 Å². The minimum Gasteiger partial charge on any atom is -0.478 e. The monoisotopic (exact) mass is 501 g/mol. The Morgan fingerprint density at radius 3 is 2.56 bits per heavy atom. The lowest BCUT2D eigenvalue weighted by Gasteiger charge is -2.13. The molecule has 0 aliphatic carbocycles. The van der Waals surface area contributed by atoms with Crippen molar-refractivity contribution >= 4 is 33.7 Å². The van der Waals surface area contributed by atoms with Gasteiger partial charge in [0.2, 0.25) is 10.0 Å². The Hall–Kier alpha value is -2.94. The number of nitrogens with one attached hydrogen (secondary N) is 1. The van der Waals surface area contributed by atoms with Crippen molar-refractivity contribution in [3.63, 3.8) is 0 Å². The van der Waals surface area contributed by atoms with Crippen molar-refractivity contribution in [2.75, 3.05) is 6.54 Å². The van der Waals surface area contributed by atoms with Gasteiger partial charge in [-0.3, -0.25) is 4.98 Å². The third-order valence-electron chi connectivity index (χ3n) is 5.37. The minimum atomic E-state index is -3.64. The average Bonchev–Trinajstić information content (AvgIpc) is 3.20. The molecule has 1 aromatic carbocycles. The van der Waals surface area contributed by atoms with E-state index < -0.39 is 16.0 Å². The zero-order chi connectivity index (χ0) is 24.4. The lowest BCUT2D eigenvalue weighted by Crippen LogP contribution is -2.26. The van der Waals surface area contributed by atoms with Crippen LogP contribution in [0.5, 0.6) is 0 Å². The quantitative estimate of drug-likeness (QED) is 0.264. The van der Waals surface area contributed by atoms with Crippen LogP contribution in [0.15, 0.2) is 71.9 Å². The molecule has 0 fully saturated rings. The number of carboxylic acid groups (broad SMARTS) is 1. The molecule has 0 amide bonds. The summed E-state index contributed by atoms with van der Waals surface area (Å²) < 4.78 is 29.7. The molecule has 0 spiro atoms. The number of benzene rings is 1. The van der Waals surface area contributed by atoms with E-state index in [-0.39, 0.29) is 11.4 Å². The van der Waals surface area contributed by atoms with Gasteiger partial charge in [-0.05, 0) is 73.4 Å². The molecule has 180 valence electrons. The molecule has 0 saturated heterocycles. The highest BCUT2D eigenvalue weighted by atomic mass is 35.5. The van der Waals surface area contributed by atoms with Crippen LogP contribution in [0, 0.1) is 0 Å². The summed E-state index contributed by atoms with van der Waals surface area (Å²) in [5.41, 5.74) is 2.93. The molecule has 0 atom stereocenters. The Labute approximate surface area is 205 Å². The molecular formula is C25H28ClN3O4S. The van der Waals surface area contributed by atoms with Crippen LogP contribution in [-0.2, 0) is 34.2 Å². The molecule has 0 aliphatic heterocycles. The van der Waals surface area contributed by atoms with Gasteiger partial charge in [0.15, 0.2) is 0 Å². The molecule has 2 aromatic heterocycles. The van der Waals surface area contributed by atoms with Crippen molar-refractivity contribution in [1.29, 1.82) is 0 Å². The summed E-state index contributed by atoms with van der Waals surface area (Å²) in [5, 5.41) is 9.47. The Morgan fingerprint density at radius 2 is 1.85 bits per heavy atom. The Kier molecular flexibility index (Phi) is 9.44. The van der Waals surface area contributed by atoms with E-state index in [0.717, 1.165) is 49.7 Å². The van der Waals surface area contributed by atoms with Crippen LogP contribution in [0.4, 0.5) is 0 Å². The number of aryl methyl sites for hydroxylation is 1. The van der Waals surface area contributed by atoms with E-state index in [1.807, 2.05) is 24.4 Å². The fourth-order valence-electron chi connectivity index (χ4n) is 3.65. The van der Waals surface area contributed by atoms with Crippen LogP contribution in [0.2, 0.25) is 5.02 Å². The van der Waals surface area contributed by atoms with Crippen molar-refractivity contribution < 1.29 is 18.3 Å². The molecule has 0 radical (unpaired) electrons. The summed E-state index contributed by atoms with van der Waals surface area (Å²) in [5.74, 6) is -1.01. The molecule has 2 N–H and O–H groups in total. The van der Waals surface area contributed by atoms with E-state index in [2.05, 4.69) is 20.3 Å². The second-order valence-corrected chi connectivity index (χ2v) is 10.0. The minimum absolute atomic E-state index is 0.158. The van der Waals surface area contributed by atoms with E-state index in [0.29, 0.717) is 11.4 Å². The van der Waals surface area contributed by atoms with E-state index in [9.17, 15) is 13.2 Å². The van der Waals surface area contributed by atoms with Crippen LogP contribution in [-0.4, -0.2) is 35.6 Å². The fourth-order valence-corrected chi connectivity index (χ4v) is 4.81. The highest BCUT2D eigenvalue weighted by molar-refractivity contribution is 7.89. The molecule has 0 aliphatic rings. The largest absolute Gasteiger partial charge is 0.478 e. The first kappa shape index (κ1) is 25.7. The number of hydrogen-bond acceptors (Lipinski definition) is 4. The van der Waals surface area contributed by atoms with Gasteiger partial charge in [-0.15, -0.1) is 0 Å². The standard InChI is InChI=1S/C25H28ClN3O4S/c26-21-7-12-24(13-8-21)34(32,33)28-17-15-23-10-9-22(11-14-25(30)31)29(23)18-3-1-2-5-20-6-4-16-27-19-20/h4,6-14,16,19,28H,1-3,5,15,17-18H2,(H,30,31)/b14-11+. The number of halogens is 1. The number of aromatic nitrogens is 2. The molecule has 0 saturated carbocycles. The first-order chi connectivity index (χ1) is 16.3. The zero-order valence-electron chi connectivity index (χ0n) is 18.7. The van der Waals surface area contributed by atoms with Gasteiger partial charge in [0.25, 0.3) is 0 Å². The number of hydrogen-bond donors (Lipinski definition) is 2.